The lowest BCUT2D eigenvalue weighted by Gasteiger charge is -2.05. The van der Waals surface area contributed by atoms with Crippen LogP contribution in [0, 0.1) is 10.1 Å². The molecule has 6 nitrogen and oxygen atoms in total. The number of nitrogen functional groups attached to an aromatic ring is 1. The normalized spacial score (nSPS) is 10.7. The fourth-order valence-electron chi connectivity index (χ4n) is 1.08. The maximum atomic E-state index is 12.4. The van der Waals surface area contributed by atoms with Crippen LogP contribution >= 0.6 is 0 Å². The second-order valence-electron chi connectivity index (χ2n) is 2.65. The molecule has 0 aromatic carbocycles. The highest BCUT2D eigenvalue weighted by atomic mass is 19.3. The number of anilines is 1. The van der Waals surface area contributed by atoms with Crippen molar-refractivity contribution >= 4 is 11.5 Å². The molecular formula is C7H7F2N3O3. The summed E-state index contributed by atoms with van der Waals surface area (Å²) >= 11 is 0. The van der Waals surface area contributed by atoms with Gasteiger partial charge in [0.15, 0.2) is 5.69 Å². The van der Waals surface area contributed by atoms with Crippen LogP contribution in [0.1, 0.15) is 17.7 Å². The maximum absolute atomic E-state index is 12.4. The quantitative estimate of drug-likeness (QED) is 0.583. The number of alkyl halides is 2. The molecule has 1 rings (SSSR count). The molecule has 0 unspecified atom stereocenters. The van der Waals surface area contributed by atoms with Gasteiger partial charge in [-0.2, -0.15) is 0 Å². The van der Waals surface area contributed by atoms with Gasteiger partial charge in [-0.3, -0.25) is 0 Å². The minimum Gasteiger partial charge on any atom is -0.398 e. The lowest BCUT2D eigenvalue weighted by Crippen LogP contribution is -2.06. The van der Waals surface area contributed by atoms with Gasteiger partial charge in [0.2, 0.25) is 0 Å². The number of pyridine rings is 1. The summed E-state index contributed by atoms with van der Waals surface area (Å²) in [6.45, 7) is -0.828. The first kappa shape index (κ1) is 11.2. The Morgan fingerprint density at radius 2 is 2.27 bits per heavy atom. The molecule has 15 heavy (non-hydrogen) atoms. The summed E-state index contributed by atoms with van der Waals surface area (Å²) in [6.07, 6.45) is -2.93. The topological polar surface area (TPSA) is 102 Å². The van der Waals surface area contributed by atoms with Crippen molar-refractivity contribution in [1.82, 2.24) is 4.98 Å². The second kappa shape index (κ2) is 4.13. The zero-order valence-electron chi connectivity index (χ0n) is 7.35. The van der Waals surface area contributed by atoms with Gasteiger partial charge in [-0.25, -0.2) is 8.78 Å². The zero-order chi connectivity index (χ0) is 11.6. The Balaban J connectivity index is 3.37. The van der Waals surface area contributed by atoms with E-state index in [1.165, 1.54) is 0 Å². The number of aliphatic hydroxyl groups is 1. The van der Waals surface area contributed by atoms with Crippen molar-refractivity contribution in [3.05, 3.63) is 27.4 Å². The van der Waals surface area contributed by atoms with Gasteiger partial charge >= 0.3 is 5.82 Å². The molecule has 0 bridgehead atoms. The van der Waals surface area contributed by atoms with Gasteiger partial charge in [0, 0.05) is 0 Å². The summed E-state index contributed by atoms with van der Waals surface area (Å²) in [5.41, 5.74) is 3.61. The first-order valence-electron chi connectivity index (χ1n) is 3.80. The monoisotopic (exact) mass is 219 g/mol. The molecule has 0 spiro atoms. The number of nitrogens with two attached hydrogens (primary N) is 1. The predicted molar refractivity (Wildman–Crippen MR) is 46.2 cm³/mol. The molecule has 0 atom stereocenters. The first-order valence-corrected chi connectivity index (χ1v) is 3.80. The third kappa shape index (κ3) is 2.15. The molecule has 0 aliphatic carbocycles. The summed E-state index contributed by atoms with van der Waals surface area (Å²) in [6, 6.07) is 0.737. The summed E-state index contributed by atoms with van der Waals surface area (Å²) in [7, 11) is 0. The molecule has 1 aromatic rings. The number of hydrogen-bond acceptors (Lipinski definition) is 5. The molecule has 0 aliphatic rings. The number of aromatic nitrogens is 1. The molecule has 0 saturated heterocycles. The third-order valence-corrected chi connectivity index (χ3v) is 1.71. The molecule has 0 amide bonds. The van der Waals surface area contributed by atoms with Crippen molar-refractivity contribution in [1.29, 1.82) is 0 Å². The summed E-state index contributed by atoms with van der Waals surface area (Å²) in [5, 5.41) is 19.0. The van der Waals surface area contributed by atoms with Crippen LogP contribution in [-0.2, 0) is 6.61 Å². The van der Waals surface area contributed by atoms with Gasteiger partial charge in [0.1, 0.15) is 6.61 Å². The first-order chi connectivity index (χ1) is 6.97. The predicted octanol–water partition coefficient (Wildman–Crippen LogP) is 1.00. The van der Waals surface area contributed by atoms with Crippen molar-refractivity contribution in [2.24, 2.45) is 0 Å². The van der Waals surface area contributed by atoms with Gasteiger partial charge in [-0.1, -0.05) is 0 Å². The minimum atomic E-state index is -2.93. The van der Waals surface area contributed by atoms with E-state index in [0.29, 0.717) is 0 Å². The molecular weight excluding hydrogens is 212 g/mol. The average Bonchev–Trinajstić information content (AvgIpc) is 2.15. The Morgan fingerprint density at radius 3 is 2.67 bits per heavy atom. The summed E-state index contributed by atoms with van der Waals surface area (Å²) < 4.78 is 24.8. The molecule has 8 heteroatoms. The lowest BCUT2D eigenvalue weighted by molar-refractivity contribution is -0.389. The minimum absolute atomic E-state index is 0.448. The Morgan fingerprint density at radius 1 is 1.67 bits per heavy atom. The van der Waals surface area contributed by atoms with Gasteiger partial charge in [-0.05, 0) is 9.91 Å². The molecule has 0 aliphatic heterocycles. The fraction of sp³-hybridized carbons (Fsp3) is 0.286. The van der Waals surface area contributed by atoms with Crippen LogP contribution in [0.4, 0.5) is 20.3 Å². The van der Waals surface area contributed by atoms with Gasteiger partial charge in [0.05, 0.1) is 17.3 Å². The number of hydrogen-bond donors (Lipinski definition) is 2. The molecule has 0 fully saturated rings. The van der Waals surface area contributed by atoms with Crippen LogP contribution in [0.5, 0.6) is 0 Å². The smallest absolute Gasteiger partial charge is 0.365 e. The average molecular weight is 219 g/mol. The van der Waals surface area contributed by atoms with Crippen molar-refractivity contribution < 1.29 is 18.8 Å². The van der Waals surface area contributed by atoms with Gasteiger partial charge in [0.25, 0.3) is 6.43 Å². The van der Waals surface area contributed by atoms with Crippen LogP contribution in [0.15, 0.2) is 6.07 Å². The highest BCUT2D eigenvalue weighted by molar-refractivity contribution is 5.53. The number of nitrogens with zero attached hydrogens (tertiary/aromatic N) is 2. The Kier molecular flexibility index (Phi) is 3.10. The zero-order valence-corrected chi connectivity index (χ0v) is 7.35. The SMILES string of the molecule is Nc1cc([N+](=O)[O-])nc(CO)c1C(F)F. The van der Waals surface area contributed by atoms with Crippen molar-refractivity contribution in [3.8, 4) is 0 Å². The molecule has 0 saturated carbocycles. The van der Waals surface area contributed by atoms with E-state index in [1.807, 2.05) is 0 Å². The number of rotatable bonds is 3. The van der Waals surface area contributed by atoms with Crippen LogP contribution in [0.3, 0.4) is 0 Å². The molecule has 1 aromatic heterocycles. The van der Waals surface area contributed by atoms with E-state index in [1.54, 1.807) is 0 Å². The van der Waals surface area contributed by atoms with Crippen LogP contribution in [0.2, 0.25) is 0 Å². The lowest BCUT2D eigenvalue weighted by atomic mass is 10.1. The van der Waals surface area contributed by atoms with Crippen molar-refractivity contribution in [3.63, 3.8) is 0 Å². The van der Waals surface area contributed by atoms with Gasteiger partial charge < -0.3 is 21.0 Å². The number of nitro groups is 1. The number of aliphatic hydroxyl groups excluding tert-OH is 1. The Labute approximate surface area is 82.5 Å². The van der Waals surface area contributed by atoms with E-state index in [2.05, 4.69) is 4.98 Å². The van der Waals surface area contributed by atoms with E-state index >= 15 is 0 Å². The Hall–Kier alpha value is -1.83. The highest BCUT2D eigenvalue weighted by Gasteiger charge is 2.24. The van der Waals surface area contributed by atoms with Crippen molar-refractivity contribution in [2.75, 3.05) is 5.73 Å². The van der Waals surface area contributed by atoms with Crippen LogP contribution < -0.4 is 5.73 Å². The largest absolute Gasteiger partial charge is 0.398 e. The molecule has 3 N–H and O–H groups in total. The van der Waals surface area contributed by atoms with Crippen molar-refractivity contribution in [2.45, 2.75) is 13.0 Å². The van der Waals surface area contributed by atoms with E-state index < -0.39 is 40.7 Å². The molecule has 82 valence electrons. The standard InChI is InChI=1S/C7H7F2N3O3/c8-7(9)6-3(10)1-5(12(14)15)11-4(6)2-13/h1,7,13H,2H2,(H2,10,11). The van der Waals surface area contributed by atoms with E-state index in [9.17, 15) is 18.9 Å². The molecule has 0 radical (unpaired) electrons. The van der Waals surface area contributed by atoms with Crippen LogP contribution in [0.25, 0.3) is 0 Å². The second-order valence-corrected chi connectivity index (χ2v) is 2.65. The molecule has 1 heterocycles. The highest BCUT2D eigenvalue weighted by Crippen LogP contribution is 2.30. The van der Waals surface area contributed by atoms with E-state index in [0.717, 1.165) is 6.07 Å². The van der Waals surface area contributed by atoms with E-state index in [4.69, 9.17) is 10.8 Å². The van der Waals surface area contributed by atoms with Crippen LogP contribution in [-0.4, -0.2) is 15.0 Å². The summed E-state index contributed by atoms with van der Waals surface area (Å²) in [5.74, 6) is -0.666. The maximum Gasteiger partial charge on any atom is 0.365 e. The van der Waals surface area contributed by atoms with E-state index in [-0.39, 0.29) is 0 Å². The third-order valence-electron chi connectivity index (χ3n) is 1.71. The fourth-order valence-corrected chi connectivity index (χ4v) is 1.08. The number of halogens is 2. The summed E-state index contributed by atoms with van der Waals surface area (Å²) in [4.78, 5) is 12.7. The Bertz CT molecular complexity index is 397. The van der Waals surface area contributed by atoms with Gasteiger partial charge in [-0.15, -0.1) is 0 Å².